The molecule has 100 valence electrons. The van der Waals surface area contributed by atoms with Gasteiger partial charge in [-0.15, -0.1) is 0 Å². The molecule has 2 nitrogen and oxygen atoms in total. The van der Waals surface area contributed by atoms with Crippen molar-refractivity contribution in [3.05, 3.63) is 53.7 Å². The number of aliphatic hydroxyl groups excluding tert-OH is 1. The molecular weight excluding hydrogens is 275 g/mol. The van der Waals surface area contributed by atoms with Gasteiger partial charge in [0, 0.05) is 11.1 Å². The van der Waals surface area contributed by atoms with Gasteiger partial charge in [-0.25, -0.2) is 4.98 Å². The van der Waals surface area contributed by atoms with Crippen LogP contribution in [0.5, 0.6) is 0 Å². The lowest BCUT2D eigenvalue weighted by atomic mass is 10.2. The second-order valence-electron chi connectivity index (χ2n) is 3.76. The molecule has 2 rings (SSSR count). The first-order valence-corrected chi connectivity index (χ1v) is 6.22. The van der Waals surface area contributed by atoms with Crippen LogP contribution >= 0.6 is 11.8 Å². The highest BCUT2D eigenvalue weighted by atomic mass is 32.2. The Morgan fingerprint density at radius 1 is 1.11 bits per heavy atom. The minimum Gasteiger partial charge on any atom is -0.392 e. The Morgan fingerprint density at radius 2 is 1.79 bits per heavy atom. The van der Waals surface area contributed by atoms with E-state index in [9.17, 15) is 13.2 Å². The van der Waals surface area contributed by atoms with Gasteiger partial charge in [0.1, 0.15) is 5.03 Å². The van der Waals surface area contributed by atoms with Crippen LogP contribution in [0, 0.1) is 0 Å². The molecule has 0 saturated carbocycles. The molecule has 1 heterocycles. The van der Waals surface area contributed by atoms with Crippen molar-refractivity contribution < 1.29 is 18.3 Å². The number of aliphatic hydroxyl groups is 1. The van der Waals surface area contributed by atoms with Gasteiger partial charge in [-0.05, 0) is 29.8 Å². The Bertz CT molecular complexity index is 555. The summed E-state index contributed by atoms with van der Waals surface area (Å²) in [5, 5.41) is 8.82. The first kappa shape index (κ1) is 13.9. The second-order valence-corrected chi connectivity index (χ2v) is 4.82. The van der Waals surface area contributed by atoms with Crippen LogP contribution in [-0.2, 0) is 12.8 Å². The predicted octanol–water partition coefficient (Wildman–Crippen LogP) is 3.74. The molecule has 1 aromatic carbocycles. The lowest BCUT2D eigenvalue weighted by Gasteiger charge is -2.11. The minimum absolute atomic E-state index is 0.0771. The van der Waals surface area contributed by atoms with Crippen LogP contribution < -0.4 is 0 Å². The highest BCUT2D eigenvalue weighted by Crippen LogP contribution is 2.37. The van der Waals surface area contributed by atoms with E-state index in [1.807, 2.05) is 0 Å². The van der Waals surface area contributed by atoms with Crippen molar-refractivity contribution in [3.63, 3.8) is 0 Å². The number of pyridine rings is 1. The molecule has 0 aliphatic rings. The summed E-state index contributed by atoms with van der Waals surface area (Å²) < 4.78 is 38.4. The molecule has 0 radical (unpaired) electrons. The van der Waals surface area contributed by atoms with E-state index >= 15 is 0 Å². The average Bonchev–Trinajstić information content (AvgIpc) is 2.39. The van der Waals surface area contributed by atoms with Crippen molar-refractivity contribution in [3.8, 4) is 0 Å². The van der Waals surface area contributed by atoms with Gasteiger partial charge in [0.25, 0.3) is 0 Å². The molecule has 0 amide bonds. The Hall–Kier alpha value is -1.53. The predicted molar refractivity (Wildman–Crippen MR) is 65.7 cm³/mol. The minimum atomic E-state index is -4.42. The first-order valence-electron chi connectivity index (χ1n) is 5.40. The zero-order valence-electron chi connectivity index (χ0n) is 9.69. The number of nitrogens with zero attached hydrogens (tertiary/aromatic N) is 1. The standard InChI is InChI=1S/C13H10F3NOS/c14-13(15,16)11-2-1-7-17-12(11)19-10-5-3-9(8-18)4-6-10/h1-7,18H,8H2. The van der Waals surface area contributed by atoms with Crippen molar-refractivity contribution in [2.24, 2.45) is 0 Å². The number of benzene rings is 1. The maximum Gasteiger partial charge on any atom is 0.419 e. The Kier molecular flexibility index (Phi) is 4.11. The lowest BCUT2D eigenvalue weighted by Crippen LogP contribution is -2.07. The van der Waals surface area contributed by atoms with Crippen molar-refractivity contribution in [1.29, 1.82) is 0 Å². The van der Waals surface area contributed by atoms with Gasteiger partial charge in [-0.1, -0.05) is 23.9 Å². The summed E-state index contributed by atoms with van der Waals surface area (Å²) in [6.07, 6.45) is -3.08. The smallest absolute Gasteiger partial charge is 0.392 e. The normalized spacial score (nSPS) is 11.6. The van der Waals surface area contributed by atoms with Gasteiger partial charge >= 0.3 is 6.18 Å². The molecule has 6 heteroatoms. The van der Waals surface area contributed by atoms with Gasteiger partial charge < -0.3 is 5.11 Å². The molecule has 1 aromatic heterocycles. The summed E-state index contributed by atoms with van der Waals surface area (Å²) in [6, 6.07) is 8.92. The molecule has 0 saturated heterocycles. The molecule has 1 N–H and O–H groups in total. The van der Waals surface area contributed by atoms with Crippen molar-refractivity contribution >= 4 is 11.8 Å². The molecule has 19 heavy (non-hydrogen) atoms. The highest BCUT2D eigenvalue weighted by molar-refractivity contribution is 7.99. The summed E-state index contributed by atoms with van der Waals surface area (Å²) >= 11 is 0.948. The number of hydrogen-bond donors (Lipinski definition) is 1. The molecule has 0 unspecified atom stereocenters. The fourth-order valence-electron chi connectivity index (χ4n) is 1.46. The van der Waals surface area contributed by atoms with Crippen LogP contribution in [0.3, 0.4) is 0 Å². The number of rotatable bonds is 3. The molecular formula is C13H10F3NOS. The fourth-order valence-corrected chi connectivity index (χ4v) is 2.37. The highest BCUT2D eigenvalue weighted by Gasteiger charge is 2.34. The SMILES string of the molecule is OCc1ccc(Sc2ncccc2C(F)(F)F)cc1. The third-order valence-electron chi connectivity index (χ3n) is 2.40. The first-order chi connectivity index (χ1) is 9.00. The van der Waals surface area contributed by atoms with Gasteiger partial charge in [0.2, 0.25) is 0 Å². The Balaban J connectivity index is 2.28. The molecule has 0 bridgehead atoms. The molecule has 0 aliphatic heterocycles. The number of hydrogen-bond acceptors (Lipinski definition) is 3. The molecule has 2 aromatic rings. The van der Waals surface area contributed by atoms with Gasteiger partial charge in [-0.2, -0.15) is 13.2 Å². The topological polar surface area (TPSA) is 33.1 Å². The Morgan fingerprint density at radius 3 is 2.37 bits per heavy atom. The van der Waals surface area contributed by atoms with E-state index in [1.54, 1.807) is 24.3 Å². The van der Waals surface area contributed by atoms with Crippen molar-refractivity contribution in [2.45, 2.75) is 22.7 Å². The molecule has 0 fully saturated rings. The van der Waals surface area contributed by atoms with E-state index in [0.29, 0.717) is 10.5 Å². The van der Waals surface area contributed by atoms with E-state index in [-0.39, 0.29) is 11.6 Å². The molecule has 0 spiro atoms. The van der Waals surface area contributed by atoms with Crippen LogP contribution in [0.2, 0.25) is 0 Å². The van der Waals surface area contributed by atoms with E-state index in [1.165, 1.54) is 12.3 Å². The van der Waals surface area contributed by atoms with Crippen LogP contribution in [0.4, 0.5) is 13.2 Å². The van der Waals surface area contributed by atoms with E-state index in [0.717, 1.165) is 17.8 Å². The van der Waals surface area contributed by atoms with Crippen molar-refractivity contribution in [1.82, 2.24) is 4.98 Å². The number of aromatic nitrogens is 1. The largest absolute Gasteiger partial charge is 0.419 e. The number of halogens is 3. The quantitative estimate of drug-likeness (QED) is 0.932. The van der Waals surface area contributed by atoms with E-state index in [2.05, 4.69) is 4.98 Å². The molecule has 0 aliphatic carbocycles. The summed E-state index contributed by atoms with van der Waals surface area (Å²) in [6.45, 7) is -0.0949. The van der Waals surface area contributed by atoms with Crippen LogP contribution in [0.15, 0.2) is 52.5 Å². The maximum absolute atomic E-state index is 12.8. The zero-order valence-corrected chi connectivity index (χ0v) is 10.5. The lowest BCUT2D eigenvalue weighted by molar-refractivity contribution is -0.140. The third-order valence-corrected chi connectivity index (χ3v) is 3.42. The second kappa shape index (κ2) is 5.63. The zero-order chi connectivity index (χ0) is 13.9. The summed E-state index contributed by atoms with van der Waals surface area (Å²) in [5.74, 6) is 0. The summed E-state index contributed by atoms with van der Waals surface area (Å²) in [5.41, 5.74) is -0.0346. The molecule has 0 atom stereocenters. The van der Waals surface area contributed by atoms with Gasteiger partial charge in [-0.3, -0.25) is 0 Å². The van der Waals surface area contributed by atoms with Gasteiger partial charge in [0.05, 0.1) is 12.2 Å². The average molecular weight is 285 g/mol. The monoisotopic (exact) mass is 285 g/mol. The maximum atomic E-state index is 12.8. The van der Waals surface area contributed by atoms with E-state index in [4.69, 9.17) is 5.11 Å². The Labute approximate surface area is 112 Å². The van der Waals surface area contributed by atoms with Crippen LogP contribution in [0.1, 0.15) is 11.1 Å². The number of alkyl halides is 3. The van der Waals surface area contributed by atoms with E-state index < -0.39 is 11.7 Å². The van der Waals surface area contributed by atoms with Crippen LogP contribution in [0.25, 0.3) is 0 Å². The summed E-state index contributed by atoms with van der Waals surface area (Å²) in [7, 11) is 0. The fraction of sp³-hybridized carbons (Fsp3) is 0.154. The van der Waals surface area contributed by atoms with Crippen LogP contribution in [-0.4, -0.2) is 10.1 Å². The van der Waals surface area contributed by atoms with Gasteiger partial charge in [0.15, 0.2) is 0 Å². The summed E-state index contributed by atoms with van der Waals surface area (Å²) in [4.78, 5) is 4.42. The van der Waals surface area contributed by atoms with Crippen molar-refractivity contribution in [2.75, 3.05) is 0 Å². The third kappa shape index (κ3) is 3.48.